The molecule has 2 aromatic rings. The molecule has 4 rings (SSSR count). The number of amides is 1. The monoisotopic (exact) mass is 380 g/mol. The first-order valence-corrected chi connectivity index (χ1v) is 10.1. The number of piperazine rings is 1. The molecule has 148 valence electrons. The molecule has 0 spiro atoms. The molecule has 2 aliphatic rings. The van der Waals surface area contributed by atoms with Crippen molar-refractivity contribution in [3.05, 3.63) is 48.3 Å². The number of nitrogens with zero attached hydrogens (tertiary/aromatic N) is 5. The summed E-state index contributed by atoms with van der Waals surface area (Å²) >= 11 is 0. The fourth-order valence-corrected chi connectivity index (χ4v) is 3.82. The highest BCUT2D eigenvalue weighted by molar-refractivity contribution is 5.78. The van der Waals surface area contributed by atoms with E-state index in [-0.39, 0.29) is 5.91 Å². The smallest absolute Gasteiger partial charge is 0.234 e. The Bertz CT molecular complexity index is 769. The van der Waals surface area contributed by atoms with Gasteiger partial charge in [-0.1, -0.05) is 30.3 Å². The number of carbonyl (C=O) groups excluding carboxylic acids is 1. The molecule has 1 aromatic carbocycles. The molecule has 0 saturated carbocycles. The van der Waals surface area contributed by atoms with Crippen molar-refractivity contribution in [2.45, 2.75) is 19.4 Å². The van der Waals surface area contributed by atoms with Crippen molar-refractivity contribution < 1.29 is 4.79 Å². The summed E-state index contributed by atoms with van der Waals surface area (Å²) in [5.41, 5.74) is 1.12. The van der Waals surface area contributed by atoms with Crippen LogP contribution in [-0.4, -0.2) is 66.6 Å². The van der Waals surface area contributed by atoms with Gasteiger partial charge in [0.05, 0.1) is 6.54 Å². The number of carbonyl (C=O) groups is 1. The first-order valence-electron chi connectivity index (χ1n) is 10.1. The molecule has 2 saturated heterocycles. The van der Waals surface area contributed by atoms with Gasteiger partial charge in [-0.15, -0.1) is 0 Å². The second-order valence-electron chi connectivity index (χ2n) is 7.45. The molecule has 0 radical (unpaired) electrons. The van der Waals surface area contributed by atoms with Crippen LogP contribution in [0.3, 0.4) is 0 Å². The molecule has 7 nitrogen and oxygen atoms in total. The Morgan fingerprint density at radius 3 is 2.21 bits per heavy atom. The average molecular weight is 380 g/mol. The minimum Gasteiger partial charge on any atom is -0.356 e. The Morgan fingerprint density at radius 2 is 1.54 bits per heavy atom. The van der Waals surface area contributed by atoms with Crippen molar-refractivity contribution in [2.75, 3.05) is 55.6 Å². The van der Waals surface area contributed by atoms with E-state index in [2.05, 4.69) is 36.1 Å². The molecule has 0 unspecified atom stereocenters. The van der Waals surface area contributed by atoms with Gasteiger partial charge in [-0.2, -0.15) is 0 Å². The lowest BCUT2D eigenvalue weighted by Gasteiger charge is -2.35. The summed E-state index contributed by atoms with van der Waals surface area (Å²) < 4.78 is 0. The van der Waals surface area contributed by atoms with E-state index in [9.17, 15) is 4.79 Å². The van der Waals surface area contributed by atoms with Crippen LogP contribution >= 0.6 is 0 Å². The van der Waals surface area contributed by atoms with Crippen molar-refractivity contribution in [1.29, 1.82) is 0 Å². The maximum Gasteiger partial charge on any atom is 0.234 e. The molecule has 0 atom stereocenters. The summed E-state index contributed by atoms with van der Waals surface area (Å²) in [6, 6.07) is 12.1. The number of rotatable bonds is 6. The van der Waals surface area contributed by atoms with Crippen LogP contribution in [0.2, 0.25) is 0 Å². The average Bonchev–Trinajstić information content (AvgIpc) is 3.29. The molecule has 1 aromatic heterocycles. The molecule has 28 heavy (non-hydrogen) atoms. The highest BCUT2D eigenvalue weighted by atomic mass is 16.2. The van der Waals surface area contributed by atoms with Crippen molar-refractivity contribution >= 4 is 17.5 Å². The molecule has 0 bridgehead atoms. The molecular formula is C21H28N6O. The highest BCUT2D eigenvalue weighted by Gasteiger charge is 2.21. The van der Waals surface area contributed by atoms with Crippen LogP contribution in [0.25, 0.3) is 0 Å². The topological polar surface area (TPSA) is 64.6 Å². The van der Waals surface area contributed by atoms with Crippen LogP contribution in [0, 0.1) is 0 Å². The summed E-state index contributed by atoms with van der Waals surface area (Å²) in [7, 11) is 0. The molecule has 7 heteroatoms. The van der Waals surface area contributed by atoms with Crippen LogP contribution in [0.1, 0.15) is 18.4 Å². The zero-order chi connectivity index (χ0) is 19.2. The van der Waals surface area contributed by atoms with Crippen molar-refractivity contribution in [1.82, 2.24) is 20.2 Å². The summed E-state index contributed by atoms with van der Waals surface area (Å²) in [6.45, 7) is 6.68. The van der Waals surface area contributed by atoms with E-state index in [0.717, 1.165) is 56.5 Å². The standard InChI is InChI=1S/C21H28N6O/c28-21(22-15-18-6-2-1-3-7-18)16-25-10-12-27(13-11-25)20-14-19(23-17-24-20)26-8-4-5-9-26/h1-3,6-7,14,17H,4-5,8-13,15-16H2,(H,22,28). The van der Waals surface area contributed by atoms with E-state index in [4.69, 9.17) is 0 Å². The number of hydrogen-bond donors (Lipinski definition) is 1. The zero-order valence-electron chi connectivity index (χ0n) is 16.3. The molecule has 1 N–H and O–H groups in total. The van der Waals surface area contributed by atoms with E-state index < -0.39 is 0 Å². The predicted molar refractivity (Wildman–Crippen MR) is 110 cm³/mol. The minimum absolute atomic E-state index is 0.0793. The van der Waals surface area contributed by atoms with Gasteiger partial charge < -0.3 is 15.1 Å². The summed E-state index contributed by atoms with van der Waals surface area (Å²) in [4.78, 5) is 28.0. The van der Waals surface area contributed by atoms with E-state index in [1.807, 2.05) is 30.3 Å². The van der Waals surface area contributed by atoms with Crippen molar-refractivity contribution in [3.8, 4) is 0 Å². The second-order valence-corrected chi connectivity index (χ2v) is 7.45. The SMILES string of the molecule is O=C(CN1CCN(c2cc(N3CCCC3)ncn2)CC1)NCc1ccccc1. The summed E-state index contributed by atoms with van der Waals surface area (Å²) in [5, 5.41) is 3.01. The van der Waals surface area contributed by atoms with Gasteiger partial charge in [-0.25, -0.2) is 9.97 Å². The van der Waals surface area contributed by atoms with E-state index >= 15 is 0 Å². The van der Waals surface area contributed by atoms with Crippen LogP contribution in [0.15, 0.2) is 42.7 Å². The molecule has 2 aliphatic heterocycles. The lowest BCUT2D eigenvalue weighted by atomic mass is 10.2. The zero-order valence-corrected chi connectivity index (χ0v) is 16.3. The van der Waals surface area contributed by atoms with Crippen molar-refractivity contribution in [3.63, 3.8) is 0 Å². The first-order chi connectivity index (χ1) is 13.8. The number of anilines is 2. The number of aromatic nitrogens is 2. The maximum atomic E-state index is 12.2. The van der Waals surface area contributed by atoms with Crippen LogP contribution in [0.5, 0.6) is 0 Å². The Morgan fingerprint density at radius 1 is 0.893 bits per heavy atom. The normalized spacial score (nSPS) is 17.7. The Balaban J connectivity index is 1.24. The van der Waals surface area contributed by atoms with Gasteiger partial charge in [-0.05, 0) is 18.4 Å². The number of nitrogens with one attached hydrogen (secondary N) is 1. The van der Waals surface area contributed by atoms with E-state index in [0.29, 0.717) is 13.1 Å². The van der Waals surface area contributed by atoms with E-state index in [1.54, 1.807) is 6.33 Å². The molecule has 0 aliphatic carbocycles. The molecule has 2 fully saturated rings. The van der Waals surface area contributed by atoms with Gasteiger partial charge in [0.15, 0.2) is 0 Å². The fraction of sp³-hybridized carbons (Fsp3) is 0.476. The summed E-state index contributed by atoms with van der Waals surface area (Å²) in [5.74, 6) is 2.10. The van der Waals surface area contributed by atoms with Gasteiger partial charge in [0, 0.05) is 51.9 Å². The van der Waals surface area contributed by atoms with Crippen LogP contribution in [-0.2, 0) is 11.3 Å². The lowest BCUT2D eigenvalue weighted by molar-refractivity contribution is -0.122. The van der Waals surface area contributed by atoms with Crippen LogP contribution in [0.4, 0.5) is 11.6 Å². The minimum atomic E-state index is 0.0793. The van der Waals surface area contributed by atoms with E-state index in [1.165, 1.54) is 12.8 Å². The molecular weight excluding hydrogens is 352 g/mol. The van der Waals surface area contributed by atoms with Gasteiger partial charge in [0.2, 0.25) is 5.91 Å². The largest absolute Gasteiger partial charge is 0.356 e. The highest BCUT2D eigenvalue weighted by Crippen LogP contribution is 2.22. The Hall–Kier alpha value is -2.67. The quantitative estimate of drug-likeness (QED) is 0.820. The Labute approximate surface area is 166 Å². The van der Waals surface area contributed by atoms with Crippen molar-refractivity contribution in [2.24, 2.45) is 0 Å². The van der Waals surface area contributed by atoms with Gasteiger partial charge >= 0.3 is 0 Å². The lowest BCUT2D eigenvalue weighted by Crippen LogP contribution is -2.49. The van der Waals surface area contributed by atoms with Gasteiger partial charge in [0.25, 0.3) is 0 Å². The molecule has 3 heterocycles. The third-order valence-corrected chi connectivity index (χ3v) is 5.46. The number of benzene rings is 1. The Kier molecular flexibility index (Phi) is 6.01. The van der Waals surface area contributed by atoms with Crippen LogP contribution < -0.4 is 15.1 Å². The molecule has 1 amide bonds. The maximum absolute atomic E-state index is 12.2. The predicted octanol–water partition coefficient (Wildman–Crippen LogP) is 1.52. The fourth-order valence-electron chi connectivity index (χ4n) is 3.82. The third-order valence-electron chi connectivity index (χ3n) is 5.46. The third kappa shape index (κ3) is 4.78. The van der Waals surface area contributed by atoms with Gasteiger partial charge in [-0.3, -0.25) is 9.69 Å². The summed E-state index contributed by atoms with van der Waals surface area (Å²) in [6.07, 6.45) is 4.15. The number of hydrogen-bond acceptors (Lipinski definition) is 6. The second kappa shape index (κ2) is 9.01. The van der Waals surface area contributed by atoms with Gasteiger partial charge in [0.1, 0.15) is 18.0 Å². The first kappa shape index (κ1) is 18.7.